The predicted octanol–water partition coefficient (Wildman–Crippen LogP) is 0.953. The van der Waals surface area contributed by atoms with Crippen LogP contribution >= 0.6 is 11.6 Å². The fourth-order valence-corrected chi connectivity index (χ4v) is 1.18. The van der Waals surface area contributed by atoms with E-state index in [1.165, 1.54) is 25.1 Å². The quantitative estimate of drug-likeness (QED) is 0.609. The SMILES string of the molecule is CC(OC(=O)c1ccc(Cl)cc1N)C(N)=O. The van der Waals surface area contributed by atoms with Gasteiger partial charge >= 0.3 is 5.97 Å². The molecule has 1 atom stereocenters. The summed E-state index contributed by atoms with van der Waals surface area (Å²) in [6, 6.07) is 4.35. The molecule has 0 heterocycles. The zero-order valence-electron chi connectivity index (χ0n) is 8.57. The first kappa shape index (κ1) is 12.3. The molecule has 0 aliphatic carbocycles. The molecule has 16 heavy (non-hydrogen) atoms. The Balaban J connectivity index is 2.85. The summed E-state index contributed by atoms with van der Waals surface area (Å²) in [5.41, 5.74) is 10.9. The molecule has 86 valence electrons. The molecule has 6 heteroatoms. The second-order valence-electron chi connectivity index (χ2n) is 3.18. The van der Waals surface area contributed by atoms with Crippen molar-refractivity contribution in [2.45, 2.75) is 13.0 Å². The third-order valence-electron chi connectivity index (χ3n) is 1.92. The average molecular weight is 243 g/mol. The molecule has 4 N–H and O–H groups in total. The lowest BCUT2D eigenvalue weighted by Crippen LogP contribution is -2.30. The molecule has 0 radical (unpaired) electrons. The summed E-state index contributed by atoms with van der Waals surface area (Å²) in [5.74, 6) is -1.43. The largest absolute Gasteiger partial charge is 0.449 e. The summed E-state index contributed by atoms with van der Waals surface area (Å²) in [5, 5.41) is 0.414. The van der Waals surface area contributed by atoms with E-state index in [0.717, 1.165) is 0 Å². The van der Waals surface area contributed by atoms with Gasteiger partial charge in [0.15, 0.2) is 6.10 Å². The lowest BCUT2D eigenvalue weighted by Gasteiger charge is -2.10. The van der Waals surface area contributed by atoms with E-state index in [1.54, 1.807) is 0 Å². The van der Waals surface area contributed by atoms with E-state index in [0.29, 0.717) is 5.02 Å². The monoisotopic (exact) mass is 242 g/mol. The number of nitrogen functional groups attached to an aromatic ring is 1. The number of anilines is 1. The van der Waals surface area contributed by atoms with Crippen LogP contribution in [0.1, 0.15) is 17.3 Å². The molecule has 0 fully saturated rings. The Hall–Kier alpha value is -1.75. The molecule has 1 aromatic rings. The van der Waals surface area contributed by atoms with Crippen LogP contribution in [0, 0.1) is 0 Å². The Morgan fingerprint density at radius 3 is 2.56 bits per heavy atom. The maximum Gasteiger partial charge on any atom is 0.341 e. The van der Waals surface area contributed by atoms with Crippen molar-refractivity contribution in [3.63, 3.8) is 0 Å². The van der Waals surface area contributed by atoms with Crippen LogP contribution in [0.2, 0.25) is 5.02 Å². The van der Waals surface area contributed by atoms with Gasteiger partial charge in [0, 0.05) is 10.7 Å². The number of nitrogens with two attached hydrogens (primary N) is 2. The smallest absolute Gasteiger partial charge is 0.341 e. The highest BCUT2D eigenvalue weighted by Crippen LogP contribution is 2.19. The Morgan fingerprint density at radius 2 is 2.06 bits per heavy atom. The van der Waals surface area contributed by atoms with Crippen LogP contribution in [0.4, 0.5) is 5.69 Å². The standard InChI is InChI=1S/C10H11ClN2O3/c1-5(9(13)14)16-10(15)7-3-2-6(11)4-8(7)12/h2-5H,12H2,1H3,(H2,13,14). The molecule has 0 aromatic heterocycles. The van der Waals surface area contributed by atoms with E-state index < -0.39 is 18.0 Å². The molecule has 1 amide bonds. The van der Waals surface area contributed by atoms with Crippen molar-refractivity contribution in [1.29, 1.82) is 0 Å². The first-order valence-corrected chi connectivity index (χ1v) is 4.85. The highest BCUT2D eigenvalue weighted by molar-refractivity contribution is 6.31. The van der Waals surface area contributed by atoms with Gasteiger partial charge in [-0.3, -0.25) is 4.79 Å². The van der Waals surface area contributed by atoms with Gasteiger partial charge in [0.05, 0.1) is 5.56 Å². The number of carbonyl (C=O) groups is 2. The maximum atomic E-state index is 11.5. The highest BCUT2D eigenvalue weighted by Gasteiger charge is 2.17. The van der Waals surface area contributed by atoms with Crippen LogP contribution in [0.15, 0.2) is 18.2 Å². The number of halogens is 1. The van der Waals surface area contributed by atoms with Crippen molar-refractivity contribution in [1.82, 2.24) is 0 Å². The third kappa shape index (κ3) is 2.87. The molecule has 0 spiro atoms. The summed E-state index contributed by atoms with van der Waals surface area (Å²) >= 11 is 5.67. The molecule has 0 saturated carbocycles. The van der Waals surface area contributed by atoms with Crippen LogP contribution < -0.4 is 11.5 Å². The van der Waals surface area contributed by atoms with Crippen molar-refractivity contribution in [2.75, 3.05) is 5.73 Å². The van der Waals surface area contributed by atoms with E-state index >= 15 is 0 Å². The van der Waals surface area contributed by atoms with Crippen molar-refractivity contribution < 1.29 is 14.3 Å². The minimum absolute atomic E-state index is 0.150. The molecule has 0 bridgehead atoms. The number of ether oxygens (including phenoxy) is 1. The zero-order chi connectivity index (χ0) is 12.3. The number of hydrogen-bond acceptors (Lipinski definition) is 4. The number of rotatable bonds is 3. The van der Waals surface area contributed by atoms with E-state index in [-0.39, 0.29) is 11.3 Å². The number of hydrogen-bond donors (Lipinski definition) is 2. The van der Waals surface area contributed by atoms with Gasteiger partial charge in [-0.1, -0.05) is 11.6 Å². The Bertz CT molecular complexity index is 434. The fourth-order valence-electron chi connectivity index (χ4n) is 1.00. The molecule has 5 nitrogen and oxygen atoms in total. The van der Waals surface area contributed by atoms with Crippen molar-refractivity contribution in [3.8, 4) is 0 Å². The van der Waals surface area contributed by atoms with E-state index in [1.807, 2.05) is 0 Å². The minimum Gasteiger partial charge on any atom is -0.449 e. The van der Waals surface area contributed by atoms with Crippen molar-refractivity contribution in [3.05, 3.63) is 28.8 Å². The Kier molecular flexibility index (Phi) is 3.73. The lowest BCUT2D eigenvalue weighted by molar-refractivity contribution is -0.125. The minimum atomic E-state index is -0.998. The van der Waals surface area contributed by atoms with Crippen LogP contribution in [-0.2, 0) is 9.53 Å². The topological polar surface area (TPSA) is 95.4 Å². The van der Waals surface area contributed by atoms with Crippen LogP contribution in [0.3, 0.4) is 0 Å². The molecule has 1 rings (SSSR count). The average Bonchev–Trinajstić information content (AvgIpc) is 2.16. The van der Waals surface area contributed by atoms with E-state index in [2.05, 4.69) is 0 Å². The van der Waals surface area contributed by atoms with Gasteiger partial charge in [-0.15, -0.1) is 0 Å². The summed E-state index contributed by atoms with van der Waals surface area (Å²) < 4.78 is 4.78. The molecule has 0 saturated heterocycles. The normalized spacial score (nSPS) is 11.9. The lowest BCUT2D eigenvalue weighted by atomic mass is 10.2. The van der Waals surface area contributed by atoms with Gasteiger partial charge in [-0.05, 0) is 25.1 Å². The van der Waals surface area contributed by atoms with Crippen molar-refractivity contribution in [2.24, 2.45) is 5.73 Å². The Labute approximate surface area is 97.3 Å². The summed E-state index contributed by atoms with van der Waals surface area (Å²) in [6.07, 6.45) is -0.998. The van der Waals surface area contributed by atoms with Gasteiger partial charge in [0.2, 0.25) is 0 Å². The summed E-state index contributed by atoms with van der Waals surface area (Å²) in [6.45, 7) is 1.38. The molecule has 0 aliphatic rings. The van der Waals surface area contributed by atoms with Gasteiger partial charge in [0.1, 0.15) is 0 Å². The summed E-state index contributed by atoms with van der Waals surface area (Å²) in [4.78, 5) is 22.2. The van der Waals surface area contributed by atoms with Crippen molar-refractivity contribution >= 4 is 29.2 Å². The number of benzene rings is 1. The molecular weight excluding hydrogens is 232 g/mol. The van der Waals surface area contributed by atoms with E-state index in [4.69, 9.17) is 27.8 Å². The summed E-state index contributed by atoms with van der Waals surface area (Å²) in [7, 11) is 0. The number of carbonyl (C=O) groups excluding carboxylic acids is 2. The van der Waals surface area contributed by atoms with Crippen LogP contribution in [-0.4, -0.2) is 18.0 Å². The van der Waals surface area contributed by atoms with Gasteiger partial charge in [-0.25, -0.2) is 4.79 Å². The predicted molar refractivity (Wildman–Crippen MR) is 59.9 cm³/mol. The molecule has 1 aromatic carbocycles. The number of esters is 1. The number of primary amides is 1. The van der Waals surface area contributed by atoms with Gasteiger partial charge in [0.25, 0.3) is 5.91 Å². The highest BCUT2D eigenvalue weighted by atomic mass is 35.5. The molecule has 1 unspecified atom stereocenters. The van der Waals surface area contributed by atoms with Crippen LogP contribution in [0.5, 0.6) is 0 Å². The fraction of sp³-hybridized carbons (Fsp3) is 0.200. The first-order valence-electron chi connectivity index (χ1n) is 4.47. The Morgan fingerprint density at radius 1 is 1.44 bits per heavy atom. The zero-order valence-corrected chi connectivity index (χ0v) is 9.32. The first-order chi connectivity index (χ1) is 7.41. The molecular formula is C10H11ClN2O3. The number of amides is 1. The van der Waals surface area contributed by atoms with Gasteiger partial charge in [-0.2, -0.15) is 0 Å². The molecule has 0 aliphatic heterocycles. The van der Waals surface area contributed by atoms with E-state index in [9.17, 15) is 9.59 Å². The maximum absolute atomic E-state index is 11.5. The van der Waals surface area contributed by atoms with Crippen LogP contribution in [0.25, 0.3) is 0 Å². The third-order valence-corrected chi connectivity index (χ3v) is 2.15. The second kappa shape index (κ2) is 4.85. The van der Waals surface area contributed by atoms with Gasteiger partial charge < -0.3 is 16.2 Å². The second-order valence-corrected chi connectivity index (χ2v) is 3.62.